The number of aryl methyl sites for hydroxylation is 4. The second-order valence-electron chi connectivity index (χ2n) is 20.7. The number of nitrogens with zero attached hydrogens (tertiary/aromatic N) is 4. The zero-order chi connectivity index (χ0) is 55.0. The van der Waals surface area contributed by atoms with E-state index >= 15 is 0 Å². The summed E-state index contributed by atoms with van der Waals surface area (Å²) in [6, 6.07) is 79.1. The van der Waals surface area contributed by atoms with Gasteiger partial charge in [-0.15, -0.1) is 0 Å². The van der Waals surface area contributed by atoms with Crippen molar-refractivity contribution >= 4 is 43.6 Å². The second kappa shape index (κ2) is 19.4. The van der Waals surface area contributed by atoms with E-state index in [2.05, 4.69) is 182 Å². The summed E-state index contributed by atoms with van der Waals surface area (Å²) >= 11 is 0. The Labute approximate surface area is 461 Å². The Hall–Kier alpha value is -10.2. The van der Waals surface area contributed by atoms with Crippen molar-refractivity contribution in [2.45, 2.75) is 33.9 Å². The minimum atomic E-state index is -4.69. The highest BCUT2D eigenvalue weighted by Crippen LogP contribution is 2.49. The van der Waals surface area contributed by atoms with E-state index in [4.69, 9.17) is 0 Å². The first kappa shape index (κ1) is 49.4. The van der Waals surface area contributed by atoms with Gasteiger partial charge in [0.05, 0.1) is 62.3 Å². The number of rotatable bonds is 8. The van der Waals surface area contributed by atoms with Crippen LogP contribution in [-0.4, -0.2) is 9.13 Å². The summed E-state index contributed by atoms with van der Waals surface area (Å²) in [6.07, 6.45) is -4.69. The molecule has 13 rings (SSSR count). The molecule has 0 amide bonds. The second-order valence-corrected chi connectivity index (χ2v) is 20.7. The topological polar surface area (TPSA) is 57.4 Å². The van der Waals surface area contributed by atoms with E-state index < -0.39 is 11.7 Å². The molecule has 7 heteroatoms. The quantitative estimate of drug-likeness (QED) is 0.152. The molecule has 0 aliphatic rings. The van der Waals surface area contributed by atoms with Gasteiger partial charge in [0, 0.05) is 38.2 Å². The molecule has 11 aromatic carbocycles. The van der Waals surface area contributed by atoms with E-state index in [0.717, 1.165) is 123 Å². The van der Waals surface area contributed by atoms with Crippen LogP contribution in [0.1, 0.15) is 38.9 Å². The minimum Gasteiger partial charge on any atom is -0.309 e. The van der Waals surface area contributed by atoms with Crippen molar-refractivity contribution in [2.75, 3.05) is 0 Å². The number of benzene rings is 11. The highest BCUT2D eigenvalue weighted by Gasteiger charge is 2.32. The van der Waals surface area contributed by atoms with Gasteiger partial charge in [0.1, 0.15) is 0 Å². The number of fused-ring (bicyclic) bond motifs is 6. The summed E-state index contributed by atoms with van der Waals surface area (Å²) in [6.45, 7) is 8.46. The molecule has 0 saturated carbocycles. The highest BCUT2D eigenvalue weighted by molar-refractivity contribution is 6.15. The summed E-state index contributed by atoms with van der Waals surface area (Å²) < 4.78 is 48.1. The number of alkyl halides is 3. The van der Waals surface area contributed by atoms with Gasteiger partial charge in [-0.25, -0.2) is 0 Å². The summed E-state index contributed by atoms with van der Waals surface area (Å²) in [4.78, 5) is 0. The van der Waals surface area contributed by atoms with Gasteiger partial charge < -0.3 is 9.13 Å². The standard InChI is InChI=1S/C73H49F3N4/c1-44-15-5-9-20-55(44)48-27-33-65-61(38-48)62-39-49(56-21-10-6-16-45(56)2)28-34-66(62)79(65)69-25-13-19-52(42-77)71(69)72-60(59-32-31-54(73(74,75)76)37-53(59)43-78)24-14-26-70(72)80-67-35-29-50(57-22-11-7-17-46(57)3)40-63(67)64-41-51(30-36-68(64)80)58-23-12-8-18-47(58)4/h5-41H,1-4H3. The Morgan fingerprint density at radius 1 is 0.325 bits per heavy atom. The molecular weight excluding hydrogens is 990 g/mol. The SMILES string of the molecule is Cc1ccccc1-c1ccc2c(c1)c1cc(-c3ccccc3C)ccc1n2-c1cccc(C#N)c1-c1c(-c2ccc(C(F)(F)F)cc2C#N)cccc1-n1c2ccc(-c3ccccc3C)cc2c2cc(-c3ccccc3C)ccc21. The van der Waals surface area contributed by atoms with E-state index in [1.165, 1.54) is 6.07 Å². The van der Waals surface area contributed by atoms with Crippen LogP contribution >= 0.6 is 0 Å². The fraction of sp³-hybridized carbons (Fsp3) is 0.0685. The lowest BCUT2D eigenvalue weighted by Crippen LogP contribution is -2.07. The number of hydrogen-bond acceptors (Lipinski definition) is 2. The van der Waals surface area contributed by atoms with Crippen molar-refractivity contribution in [1.82, 2.24) is 9.13 Å². The van der Waals surface area contributed by atoms with Crippen LogP contribution < -0.4 is 0 Å². The number of hydrogen-bond donors (Lipinski definition) is 0. The maximum Gasteiger partial charge on any atom is 0.416 e. The van der Waals surface area contributed by atoms with Crippen LogP contribution in [0.25, 0.3) is 122 Å². The summed E-state index contributed by atoms with van der Waals surface area (Å²) in [5.41, 5.74) is 19.3. The van der Waals surface area contributed by atoms with Gasteiger partial charge in [-0.05, 0) is 179 Å². The first-order valence-electron chi connectivity index (χ1n) is 26.6. The monoisotopic (exact) mass is 1040 g/mol. The third-order valence-corrected chi connectivity index (χ3v) is 16.0. The van der Waals surface area contributed by atoms with Crippen LogP contribution in [0.5, 0.6) is 0 Å². The molecular formula is C73H49F3N4. The van der Waals surface area contributed by atoms with Gasteiger partial charge in [0.25, 0.3) is 0 Å². The summed E-state index contributed by atoms with van der Waals surface area (Å²) in [7, 11) is 0. The molecule has 382 valence electrons. The van der Waals surface area contributed by atoms with Gasteiger partial charge in [0.15, 0.2) is 0 Å². The molecule has 0 unspecified atom stereocenters. The van der Waals surface area contributed by atoms with Crippen LogP contribution in [0.3, 0.4) is 0 Å². The van der Waals surface area contributed by atoms with Crippen LogP contribution in [-0.2, 0) is 6.18 Å². The highest BCUT2D eigenvalue weighted by atomic mass is 19.4. The zero-order valence-electron chi connectivity index (χ0n) is 44.3. The predicted octanol–water partition coefficient (Wildman–Crippen LogP) is 19.9. The Morgan fingerprint density at radius 3 is 1.04 bits per heavy atom. The molecule has 4 nitrogen and oxygen atoms in total. The summed E-state index contributed by atoms with van der Waals surface area (Å²) in [5, 5.41) is 26.4. The van der Waals surface area contributed by atoms with Crippen molar-refractivity contribution in [3.8, 4) is 90.3 Å². The van der Waals surface area contributed by atoms with E-state index in [0.29, 0.717) is 39.2 Å². The van der Waals surface area contributed by atoms with E-state index in [9.17, 15) is 23.7 Å². The molecule has 0 atom stereocenters. The van der Waals surface area contributed by atoms with Gasteiger partial charge >= 0.3 is 6.18 Å². The molecule has 0 N–H and O–H groups in total. The fourth-order valence-corrected chi connectivity index (χ4v) is 12.2. The van der Waals surface area contributed by atoms with Crippen molar-refractivity contribution in [3.63, 3.8) is 0 Å². The van der Waals surface area contributed by atoms with Gasteiger partial charge in [-0.1, -0.05) is 146 Å². The molecule has 80 heavy (non-hydrogen) atoms. The van der Waals surface area contributed by atoms with Crippen LogP contribution in [0, 0.1) is 50.4 Å². The smallest absolute Gasteiger partial charge is 0.309 e. The normalized spacial score (nSPS) is 11.7. The number of aromatic nitrogens is 2. The van der Waals surface area contributed by atoms with Crippen molar-refractivity contribution in [1.29, 1.82) is 10.5 Å². The first-order valence-corrected chi connectivity index (χ1v) is 26.6. The van der Waals surface area contributed by atoms with E-state index in [1.807, 2.05) is 66.7 Å². The largest absolute Gasteiger partial charge is 0.416 e. The minimum absolute atomic E-state index is 0.147. The average Bonchev–Trinajstić information content (AvgIpc) is 4.02. The molecule has 0 aliphatic carbocycles. The molecule has 0 saturated heterocycles. The summed E-state index contributed by atoms with van der Waals surface area (Å²) in [5.74, 6) is 0. The third-order valence-electron chi connectivity index (χ3n) is 16.0. The molecule has 13 aromatic rings. The lowest BCUT2D eigenvalue weighted by atomic mass is 9.87. The van der Waals surface area contributed by atoms with Crippen molar-refractivity contribution in [3.05, 3.63) is 263 Å². The molecule has 0 radical (unpaired) electrons. The Balaban J connectivity index is 1.16. The van der Waals surface area contributed by atoms with Crippen LogP contribution in [0.2, 0.25) is 0 Å². The van der Waals surface area contributed by atoms with Crippen LogP contribution in [0.4, 0.5) is 13.2 Å². The maximum absolute atomic E-state index is 14.5. The third kappa shape index (κ3) is 8.14. The Morgan fingerprint density at radius 2 is 0.675 bits per heavy atom. The molecule has 0 aliphatic heterocycles. The fourth-order valence-electron chi connectivity index (χ4n) is 12.2. The Bertz CT molecular complexity index is 4580. The predicted molar refractivity (Wildman–Crippen MR) is 321 cm³/mol. The average molecular weight is 1040 g/mol. The van der Waals surface area contributed by atoms with E-state index in [-0.39, 0.29) is 5.56 Å². The zero-order valence-corrected chi connectivity index (χ0v) is 44.3. The van der Waals surface area contributed by atoms with Crippen molar-refractivity contribution in [2.24, 2.45) is 0 Å². The first-order chi connectivity index (χ1) is 38.9. The Kier molecular flexibility index (Phi) is 11.9. The van der Waals surface area contributed by atoms with Gasteiger partial charge in [-0.2, -0.15) is 23.7 Å². The molecule has 0 fully saturated rings. The van der Waals surface area contributed by atoms with Gasteiger partial charge in [-0.3, -0.25) is 0 Å². The molecule has 2 heterocycles. The molecule has 0 bridgehead atoms. The maximum atomic E-state index is 14.5. The lowest BCUT2D eigenvalue weighted by Gasteiger charge is -2.23. The molecule has 2 aromatic heterocycles. The van der Waals surface area contributed by atoms with E-state index in [1.54, 1.807) is 6.07 Å². The van der Waals surface area contributed by atoms with Crippen molar-refractivity contribution < 1.29 is 13.2 Å². The van der Waals surface area contributed by atoms with Gasteiger partial charge in [0.2, 0.25) is 0 Å². The van der Waals surface area contributed by atoms with Crippen LogP contribution in [0.15, 0.2) is 224 Å². The molecule has 0 spiro atoms. The number of halogens is 3. The number of nitriles is 2. The lowest BCUT2D eigenvalue weighted by molar-refractivity contribution is -0.137.